The van der Waals surface area contributed by atoms with Crippen molar-refractivity contribution in [1.29, 1.82) is 0 Å². The Balaban J connectivity index is 2.11. The van der Waals surface area contributed by atoms with Gasteiger partial charge >= 0.3 is 5.97 Å². The highest BCUT2D eigenvalue weighted by atomic mass is 32.2. The van der Waals surface area contributed by atoms with Crippen molar-refractivity contribution in [2.45, 2.75) is 50.0 Å². The number of nitrogens with zero attached hydrogens (tertiary/aromatic N) is 2. The largest absolute Gasteiger partial charge is 0.459 e. The monoisotopic (exact) mass is 282 g/mol. The van der Waals surface area contributed by atoms with E-state index < -0.39 is 0 Å². The summed E-state index contributed by atoms with van der Waals surface area (Å²) in [5.41, 5.74) is -0.259. The zero-order valence-corrected chi connectivity index (χ0v) is 12.1. The summed E-state index contributed by atoms with van der Waals surface area (Å²) in [4.78, 5) is 19.6. The molecule has 0 aromatic carbocycles. The van der Waals surface area contributed by atoms with Crippen LogP contribution in [0.5, 0.6) is 0 Å². The minimum Gasteiger partial charge on any atom is -0.459 e. The molecule has 1 aliphatic heterocycles. The number of thioether (sulfide) groups is 1. The Labute approximate surface area is 117 Å². The minimum atomic E-state index is -0.283. The van der Waals surface area contributed by atoms with Crippen molar-refractivity contribution in [3.8, 4) is 0 Å². The van der Waals surface area contributed by atoms with Crippen LogP contribution in [0.3, 0.4) is 0 Å². The molecule has 0 saturated carbocycles. The number of hydrogen-bond acceptors (Lipinski definition) is 6. The zero-order chi connectivity index (χ0) is 13.8. The Kier molecular flexibility index (Phi) is 4.76. The van der Waals surface area contributed by atoms with Gasteiger partial charge in [0.25, 0.3) is 0 Å². The molecular formula is C13H18N2O3S. The van der Waals surface area contributed by atoms with Gasteiger partial charge in [-0.2, -0.15) is 0 Å². The molecule has 2 rings (SSSR count). The van der Waals surface area contributed by atoms with Crippen LogP contribution in [0.4, 0.5) is 0 Å². The minimum absolute atomic E-state index is 0.142. The molecule has 1 aliphatic rings. The summed E-state index contributed by atoms with van der Waals surface area (Å²) in [6.07, 6.45) is 4.13. The van der Waals surface area contributed by atoms with Crippen molar-refractivity contribution >= 4 is 17.7 Å². The summed E-state index contributed by atoms with van der Waals surface area (Å²) >= 11 is 1.40. The van der Waals surface area contributed by atoms with E-state index in [-0.39, 0.29) is 29.5 Å². The second kappa shape index (κ2) is 6.34. The fourth-order valence-electron chi connectivity index (χ4n) is 2.20. The van der Waals surface area contributed by atoms with Crippen LogP contribution in [0.25, 0.3) is 0 Å². The maximum Gasteiger partial charge on any atom is 0.303 e. The molecule has 19 heavy (non-hydrogen) atoms. The first-order valence-electron chi connectivity index (χ1n) is 6.32. The summed E-state index contributed by atoms with van der Waals surface area (Å²) in [5.74, 6) is -0.0246. The Morgan fingerprint density at radius 3 is 2.74 bits per heavy atom. The molecule has 104 valence electrons. The molecule has 0 N–H and O–H groups in total. The van der Waals surface area contributed by atoms with Gasteiger partial charge in [-0.15, -0.1) is 0 Å². The van der Waals surface area contributed by atoms with E-state index in [2.05, 4.69) is 16.9 Å². The number of carbonyl (C=O) groups excluding carboxylic acids is 1. The predicted molar refractivity (Wildman–Crippen MR) is 71.6 cm³/mol. The van der Waals surface area contributed by atoms with Gasteiger partial charge in [-0.3, -0.25) is 4.79 Å². The number of rotatable bonds is 3. The average molecular weight is 282 g/mol. The van der Waals surface area contributed by atoms with Crippen molar-refractivity contribution in [2.24, 2.45) is 5.92 Å². The van der Waals surface area contributed by atoms with Crippen molar-refractivity contribution in [3.63, 3.8) is 0 Å². The van der Waals surface area contributed by atoms with Crippen LogP contribution in [-0.4, -0.2) is 33.6 Å². The maximum absolute atomic E-state index is 11.2. The Morgan fingerprint density at radius 1 is 1.42 bits per heavy atom. The number of esters is 1. The highest BCUT2D eigenvalue weighted by Crippen LogP contribution is 2.35. The molecule has 1 fully saturated rings. The summed E-state index contributed by atoms with van der Waals surface area (Å²) in [6.45, 7) is 5.53. The molecule has 0 bridgehead atoms. The number of ether oxygens (including phenoxy) is 2. The number of carbonyl (C=O) groups is 1. The van der Waals surface area contributed by atoms with Crippen molar-refractivity contribution < 1.29 is 14.3 Å². The summed E-state index contributed by atoms with van der Waals surface area (Å²) in [7, 11) is 0. The third kappa shape index (κ3) is 3.91. The van der Waals surface area contributed by atoms with Gasteiger partial charge in [-0.1, -0.05) is 18.7 Å². The normalized spacial score (nSPS) is 30.9. The molecule has 1 unspecified atom stereocenters. The molecule has 0 aliphatic carbocycles. The molecule has 2 heterocycles. The molecule has 4 atom stereocenters. The molecule has 1 saturated heterocycles. The van der Waals surface area contributed by atoms with Crippen LogP contribution >= 0.6 is 11.8 Å². The second-order valence-corrected chi connectivity index (χ2v) is 5.82. The van der Waals surface area contributed by atoms with Gasteiger partial charge in [-0.25, -0.2) is 9.97 Å². The smallest absolute Gasteiger partial charge is 0.303 e. The van der Waals surface area contributed by atoms with Crippen molar-refractivity contribution in [1.82, 2.24) is 9.97 Å². The molecule has 5 nitrogen and oxygen atoms in total. The van der Waals surface area contributed by atoms with Crippen LogP contribution < -0.4 is 0 Å². The fourth-order valence-corrected chi connectivity index (χ4v) is 3.35. The molecular weight excluding hydrogens is 264 g/mol. The van der Waals surface area contributed by atoms with Gasteiger partial charge in [0.2, 0.25) is 0 Å². The maximum atomic E-state index is 11.2. The van der Waals surface area contributed by atoms with E-state index in [1.54, 1.807) is 18.5 Å². The van der Waals surface area contributed by atoms with Gasteiger partial charge < -0.3 is 9.47 Å². The highest BCUT2D eigenvalue weighted by Gasteiger charge is 2.38. The first-order valence-corrected chi connectivity index (χ1v) is 7.20. The van der Waals surface area contributed by atoms with Gasteiger partial charge in [-0.05, 0) is 25.3 Å². The zero-order valence-electron chi connectivity index (χ0n) is 11.3. The standard InChI is InChI=1S/C13H18N2O3S/c1-8-7-9(2)17-12(11(8)18-10(3)16)19-13-14-5-4-6-15-13/h4-6,8-9,11-12H,7H2,1-3H3/t8-,9+,11+,12?/m0/s1. The Bertz CT molecular complexity index is 429. The Hall–Kier alpha value is -1.14. The predicted octanol–water partition coefficient (Wildman–Crippen LogP) is 2.27. The summed E-state index contributed by atoms with van der Waals surface area (Å²) in [6, 6.07) is 1.76. The highest BCUT2D eigenvalue weighted by molar-refractivity contribution is 7.99. The second-order valence-electron chi connectivity index (χ2n) is 4.75. The van der Waals surface area contributed by atoms with Crippen LogP contribution in [0.15, 0.2) is 23.6 Å². The van der Waals surface area contributed by atoms with Crippen molar-refractivity contribution in [3.05, 3.63) is 18.5 Å². The van der Waals surface area contributed by atoms with Crippen LogP contribution in [-0.2, 0) is 14.3 Å². The lowest BCUT2D eigenvalue weighted by molar-refractivity contribution is -0.165. The molecule has 1 aromatic heterocycles. The van der Waals surface area contributed by atoms with Gasteiger partial charge in [0.05, 0.1) is 6.10 Å². The van der Waals surface area contributed by atoms with Crippen LogP contribution in [0, 0.1) is 5.92 Å². The molecule has 0 spiro atoms. The number of aromatic nitrogens is 2. The molecule has 6 heteroatoms. The lowest BCUT2D eigenvalue weighted by Gasteiger charge is -2.38. The fraction of sp³-hybridized carbons (Fsp3) is 0.615. The van der Waals surface area contributed by atoms with Gasteiger partial charge in [0, 0.05) is 19.3 Å². The van der Waals surface area contributed by atoms with Gasteiger partial charge in [0.15, 0.2) is 5.16 Å². The van der Waals surface area contributed by atoms with E-state index in [4.69, 9.17) is 9.47 Å². The molecule has 1 aromatic rings. The quantitative estimate of drug-likeness (QED) is 0.626. The summed E-state index contributed by atoms with van der Waals surface area (Å²) < 4.78 is 11.3. The van der Waals surface area contributed by atoms with E-state index in [0.717, 1.165) is 6.42 Å². The Morgan fingerprint density at radius 2 is 2.11 bits per heavy atom. The van der Waals surface area contributed by atoms with E-state index in [1.165, 1.54) is 18.7 Å². The molecule has 0 amide bonds. The van der Waals surface area contributed by atoms with Crippen molar-refractivity contribution in [2.75, 3.05) is 0 Å². The lowest BCUT2D eigenvalue weighted by Crippen LogP contribution is -2.44. The average Bonchev–Trinajstić information content (AvgIpc) is 2.34. The third-order valence-corrected chi connectivity index (χ3v) is 4.00. The SMILES string of the molecule is CC(=O)O[C@H]1C(Sc2ncccn2)O[C@H](C)C[C@@H]1C. The van der Waals surface area contributed by atoms with E-state index in [9.17, 15) is 4.79 Å². The van der Waals surface area contributed by atoms with Crippen LogP contribution in [0.1, 0.15) is 27.2 Å². The first kappa shape index (κ1) is 14.3. The van der Waals surface area contributed by atoms with E-state index in [0.29, 0.717) is 5.16 Å². The van der Waals surface area contributed by atoms with Crippen LogP contribution in [0.2, 0.25) is 0 Å². The third-order valence-electron chi connectivity index (χ3n) is 2.96. The van der Waals surface area contributed by atoms with E-state index >= 15 is 0 Å². The lowest BCUT2D eigenvalue weighted by atomic mass is 9.95. The first-order chi connectivity index (χ1) is 9.06. The topological polar surface area (TPSA) is 61.3 Å². The van der Waals surface area contributed by atoms with Gasteiger partial charge in [0.1, 0.15) is 11.5 Å². The number of hydrogen-bond donors (Lipinski definition) is 0. The summed E-state index contributed by atoms with van der Waals surface area (Å²) in [5, 5.41) is 0.631. The molecule has 0 radical (unpaired) electrons. The van der Waals surface area contributed by atoms with E-state index in [1.807, 2.05) is 6.92 Å².